The van der Waals surface area contributed by atoms with Crippen molar-refractivity contribution in [2.75, 3.05) is 57.4 Å². The zero-order chi connectivity index (χ0) is 28.3. The Balaban J connectivity index is 1.61. The molecule has 2 fully saturated rings. The Morgan fingerprint density at radius 1 is 1.00 bits per heavy atom. The van der Waals surface area contributed by atoms with Gasteiger partial charge in [-0.25, -0.2) is 0 Å². The van der Waals surface area contributed by atoms with Crippen LogP contribution in [0.4, 0.5) is 5.69 Å². The highest BCUT2D eigenvalue weighted by Gasteiger charge is 2.66. The molecule has 2 aromatic rings. The van der Waals surface area contributed by atoms with Gasteiger partial charge in [0.15, 0.2) is 5.54 Å². The SMILES string of the molecule is C=CCOc1ccc(/C(O)=C2/C(=O)C(=O)N(CCCN3CCOCC3)C23C(=O)N(CC=C)c2ccccc23)cc1. The number of fused-ring (bicyclic) bond motifs is 2. The number of carbonyl (C=O) groups excluding carboxylic acids is 3. The van der Waals surface area contributed by atoms with Gasteiger partial charge in [0.1, 0.15) is 18.1 Å². The van der Waals surface area contributed by atoms with Crippen molar-refractivity contribution < 1.29 is 29.0 Å². The Bertz CT molecular complexity index is 1360. The number of hydrogen-bond acceptors (Lipinski definition) is 7. The summed E-state index contributed by atoms with van der Waals surface area (Å²) in [6.45, 7) is 11.6. The number of aliphatic hydroxyl groups excluding tert-OH is 1. The van der Waals surface area contributed by atoms with Gasteiger partial charge in [-0.3, -0.25) is 19.3 Å². The van der Waals surface area contributed by atoms with Crippen molar-refractivity contribution in [2.45, 2.75) is 12.0 Å². The quantitative estimate of drug-likeness (QED) is 0.213. The predicted octanol–water partition coefficient (Wildman–Crippen LogP) is 3.08. The molecule has 0 saturated carbocycles. The molecule has 1 unspecified atom stereocenters. The monoisotopic (exact) mass is 543 g/mol. The van der Waals surface area contributed by atoms with Gasteiger partial charge in [0, 0.05) is 43.9 Å². The van der Waals surface area contributed by atoms with E-state index in [0.29, 0.717) is 55.4 Å². The summed E-state index contributed by atoms with van der Waals surface area (Å²) in [5, 5.41) is 11.6. The molecule has 3 aliphatic rings. The molecule has 0 aliphatic carbocycles. The second-order valence-corrected chi connectivity index (χ2v) is 9.87. The van der Waals surface area contributed by atoms with Gasteiger partial charge in [-0.1, -0.05) is 36.9 Å². The van der Waals surface area contributed by atoms with E-state index < -0.39 is 28.9 Å². The Hall–Kier alpha value is -4.21. The summed E-state index contributed by atoms with van der Waals surface area (Å²) in [5.41, 5.74) is -0.663. The summed E-state index contributed by atoms with van der Waals surface area (Å²) in [6.07, 6.45) is 3.76. The smallest absolute Gasteiger partial charge is 0.296 e. The topological polar surface area (TPSA) is 99.6 Å². The number of amides is 2. The largest absolute Gasteiger partial charge is 0.507 e. The zero-order valence-corrected chi connectivity index (χ0v) is 22.4. The van der Waals surface area contributed by atoms with Crippen LogP contribution < -0.4 is 9.64 Å². The van der Waals surface area contributed by atoms with Crippen LogP contribution in [0, 0.1) is 0 Å². The van der Waals surface area contributed by atoms with Crippen molar-refractivity contribution >= 4 is 29.0 Å². The van der Waals surface area contributed by atoms with Crippen LogP contribution in [0.15, 0.2) is 79.4 Å². The molecule has 3 heterocycles. The van der Waals surface area contributed by atoms with Gasteiger partial charge >= 0.3 is 0 Å². The van der Waals surface area contributed by atoms with Gasteiger partial charge in [0.2, 0.25) is 0 Å². The van der Waals surface area contributed by atoms with E-state index in [0.717, 1.165) is 13.1 Å². The zero-order valence-electron chi connectivity index (χ0n) is 22.4. The molecule has 0 aromatic heterocycles. The van der Waals surface area contributed by atoms with Crippen molar-refractivity contribution in [2.24, 2.45) is 0 Å². The van der Waals surface area contributed by atoms with Crippen molar-refractivity contribution in [1.82, 2.24) is 9.80 Å². The van der Waals surface area contributed by atoms with E-state index in [1.807, 2.05) is 0 Å². The van der Waals surface area contributed by atoms with Crippen LogP contribution in [0.3, 0.4) is 0 Å². The number of para-hydroxylation sites is 1. The first-order valence-electron chi connectivity index (χ1n) is 13.4. The third-order valence-corrected chi connectivity index (χ3v) is 7.58. The van der Waals surface area contributed by atoms with E-state index in [2.05, 4.69) is 18.1 Å². The number of Topliss-reactive ketones (excluding diaryl/α,β-unsaturated/α-hetero) is 1. The maximum Gasteiger partial charge on any atom is 0.296 e. The molecule has 9 nitrogen and oxygen atoms in total. The summed E-state index contributed by atoms with van der Waals surface area (Å²) in [6, 6.07) is 13.6. The number of nitrogens with zero attached hydrogens (tertiary/aromatic N) is 3. The average Bonchev–Trinajstić information content (AvgIpc) is 3.35. The first-order valence-corrected chi connectivity index (χ1v) is 13.4. The number of morpholine rings is 1. The molecule has 2 saturated heterocycles. The Labute approximate surface area is 233 Å². The van der Waals surface area contributed by atoms with E-state index >= 15 is 0 Å². The van der Waals surface area contributed by atoms with Crippen molar-refractivity contribution in [3.8, 4) is 5.75 Å². The average molecular weight is 544 g/mol. The minimum atomic E-state index is -1.79. The number of aliphatic hydroxyl groups is 1. The summed E-state index contributed by atoms with van der Waals surface area (Å²) in [7, 11) is 0. The highest BCUT2D eigenvalue weighted by Crippen LogP contribution is 2.53. The van der Waals surface area contributed by atoms with E-state index in [1.54, 1.807) is 60.7 Å². The summed E-state index contributed by atoms with van der Waals surface area (Å²) in [5.74, 6) is -2.02. The van der Waals surface area contributed by atoms with Crippen molar-refractivity contribution in [3.63, 3.8) is 0 Å². The molecule has 2 amide bonds. The normalized spacial score (nSPS) is 22.1. The number of likely N-dealkylation sites (tertiary alicyclic amines) is 1. The van der Waals surface area contributed by atoms with Gasteiger partial charge in [0.25, 0.3) is 17.6 Å². The van der Waals surface area contributed by atoms with E-state index in [4.69, 9.17) is 9.47 Å². The Kier molecular flexibility index (Phi) is 7.86. The molecule has 0 bridgehead atoms. The van der Waals surface area contributed by atoms with Crippen LogP contribution >= 0.6 is 0 Å². The second-order valence-electron chi connectivity index (χ2n) is 9.87. The fourth-order valence-electron chi connectivity index (χ4n) is 5.76. The maximum atomic E-state index is 14.4. The van der Waals surface area contributed by atoms with Gasteiger partial charge in [-0.15, -0.1) is 6.58 Å². The highest BCUT2D eigenvalue weighted by atomic mass is 16.5. The lowest BCUT2D eigenvalue weighted by atomic mass is 9.82. The Morgan fingerprint density at radius 2 is 1.73 bits per heavy atom. The van der Waals surface area contributed by atoms with E-state index in [-0.39, 0.29) is 18.7 Å². The summed E-state index contributed by atoms with van der Waals surface area (Å²) >= 11 is 0. The van der Waals surface area contributed by atoms with Gasteiger partial charge in [-0.05, 0) is 36.8 Å². The highest BCUT2D eigenvalue weighted by molar-refractivity contribution is 6.50. The first kappa shape index (κ1) is 27.4. The molecule has 208 valence electrons. The van der Waals surface area contributed by atoms with Crippen LogP contribution in [0.1, 0.15) is 17.5 Å². The van der Waals surface area contributed by atoms with Crippen LogP contribution in [0.25, 0.3) is 5.76 Å². The van der Waals surface area contributed by atoms with Crippen LogP contribution in [0.2, 0.25) is 0 Å². The molecule has 5 rings (SSSR count). The number of benzene rings is 2. The number of ether oxygens (including phenoxy) is 2. The number of ketones is 1. The first-order chi connectivity index (χ1) is 19.4. The lowest BCUT2D eigenvalue weighted by Crippen LogP contribution is -2.52. The molecule has 3 aliphatic heterocycles. The molecule has 2 aromatic carbocycles. The number of carbonyl (C=O) groups is 3. The molecule has 1 spiro atoms. The third kappa shape index (κ3) is 4.51. The number of rotatable bonds is 10. The van der Waals surface area contributed by atoms with Gasteiger partial charge in [-0.2, -0.15) is 0 Å². The van der Waals surface area contributed by atoms with Crippen molar-refractivity contribution in [1.29, 1.82) is 0 Å². The van der Waals surface area contributed by atoms with Gasteiger partial charge < -0.3 is 24.4 Å². The number of hydrogen-bond donors (Lipinski definition) is 1. The summed E-state index contributed by atoms with van der Waals surface area (Å²) in [4.78, 5) is 46.9. The van der Waals surface area contributed by atoms with Crippen molar-refractivity contribution in [3.05, 3.63) is 90.5 Å². The number of anilines is 1. The maximum absolute atomic E-state index is 14.4. The molecule has 0 radical (unpaired) electrons. The molecule has 1 atom stereocenters. The fourth-order valence-corrected chi connectivity index (χ4v) is 5.76. The fraction of sp³-hybridized carbons (Fsp3) is 0.323. The predicted molar refractivity (Wildman–Crippen MR) is 151 cm³/mol. The lowest BCUT2D eigenvalue weighted by molar-refractivity contribution is -0.143. The van der Waals surface area contributed by atoms with E-state index in [9.17, 15) is 19.5 Å². The van der Waals surface area contributed by atoms with Crippen LogP contribution in [-0.2, 0) is 24.7 Å². The van der Waals surface area contributed by atoms with E-state index in [1.165, 1.54) is 9.80 Å². The molecule has 1 N–H and O–H groups in total. The minimum Gasteiger partial charge on any atom is -0.507 e. The molecule has 40 heavy (non-hydrogen) atoms. The minimum absolute atomic E-state index is 0.162. The Morgan fingerprint density at radius 3 is 2.42 bits per heavy atom. The molecule has 9 heteroatoms. The van der Waals surface area contributed by atoms with Gasteiger partial charge in [0.05, 0.1) is 24.5 Å². The lowest BCUT2D eigenvalue weighted by Gasteiger charge is -2.35. The summed E-state index contributed by atoms with van der Waals surface area (Å²) < 4.78 is 11.0. The second kappa shape index (κ2) is 11.5. The molecular weight excluding hydrogens is 510 g/mol. The van der Waals surface area contributed by atoms with Crippen LogP contribution in [0.5, 0.6) is 5.75 Å². The third-order valence-electron chi connectivity index (χ3n) is 7.58. The standard InChI is InChI=1S/C31H33N3O6/c1-3-14-33-25-9-6-5-8-24(25)31(30(33)38)26(27(35)22-10-12-23(13-11-22)40-19-4-2)28(36)29(37)34(31)16-7-15-32-17-20-39-21-18-32/h3-6,8-13,35H,1-2,7,14-21H2/b27-26+. The van der Waals surface area contributed by atoms with Crippen LogP contribution in [-0.4, -0.2) is 85.0 Å². The molecular formula is C31H33N3O6.